The maximum absolute atomic E-state index is 10.8. The highest BCUT2D eigenvalue weighted by Gasteiger charge is 2.20. The molecule has 1 atom stereocenters. The molecule has 14 heavy (non-hydrogen) atoms. The fourth-order valence-electron chi connectivity index (χ4n) is 1.35. The Morgan fingerprint density at radius 3 is 2.57 bits per heavy atom. The van der Waals surface area contributed by atoms with Crippen LogP contribution in [0, 0.1) is 6.92 Å². The highest BCUT2D eigenvalue weighted by Crippen LogP contribution is 2.35. The highest BCUT2D eigenvalue weighted by atomic mass is 79.9. The number of benzene rings is 1. The van der Waals surface area contributed by atoms with E-state index < -0.39 is 11.9 Å². The number of carbonyl (C=O) groups is 1. The Morgan fingerprint density at radius 1 is 1.50 bits per heavy atom. The van der Waals surface area contributed by atoms with Crippen molar-refractivity contribution in [1.29, 1.82) is 0 Å². The molecule has 0 aromatic heterocycles. The Balaban J connectivity index is 3.32. The van der Waals surface area contributed by atoms with Gasteiger partial charge in [0.05, 0.1) is 10.4 Å². The van der Waals surface area contributed by atoms with Crippen molar-refractivity contribution in [2.45, 2.75) is 19.8 Å². The van der Waals surface area contributed by atoms with Crippen molar-refractivity contribution in [2.24, 2.45) is 0 Å². The predicted octanol–water partition coefficient (Wildman–Crippen LogP) is 2.65. The second-order valence-electron chi connectivity index (χ2n) is 3.19. The van der Waals surface area contributed by atoms with Gasteiger partial charge in [0, 0.05) is 5.56 Å². The van der Waals surface area contributed by atoms with Crippen molar-refractivity contribution in [3.05, 3.63) is 27.7 Å². The number of carboxylic acid groups (broad SMARTS) is 1. The molecule has 0 aliphatic carbocycles. The Morgan fingerprint density at radius 2 is 2.07 bits per heavy atom. The molecule has 0 heterocycles. The second kappa shape index (κ2) is 4.00. The number of aliphatic carboxylic acids is 1. The van der Waals surface area contributed by atoms with Gasteiger partial charge in [-0.05, 0) is 41.4 Å². The molecule has 0 aliphatic heterocycles. The topological polar surface area (TPSA) is 57.5 Å². The number of hydrogen-bond acceptors (Lipinski definition) is 2. The van der Waals surface area contributed by atoms with Crippen LogP contribution in [-0.4, -0.2) is 16.2 Å². The van der Waals surface area contributed by atoms with Crippen molar-refractivity contribution in [2.75, 3.05) is 0 Å². The largest absolute Gasteiger partial charge is 0.506 e. The molecule has 2 N–H and O–H groups in total. The van der Waals surface area contributed by atoms with E-state index in [1.807, 2.05) is 0 Å². The van der Waals surface area contributed by atoms with E-state index in [1.165, 1.54) is 0 Å². The molecular formula is C10H11BrO3. The number of hydrogen-bond donors (Lipinski definition) is 2. The van der Waals surface area contributed by atoms with Crippen LogP contribution in [0.4, 0.5) is 0 Å². The zero-order chi connectivity index (χ0) is 10.9. The fourth-order valence-corrected chi connectivity index (χ4v) is 1.70. The van der Waals surface area contributed by atoms with Crippen LogP contribution in [0.1, 0.15) is 24.0 Å². The van der Waals surface area contributed by atoms with Crippen molar-refractivity contribution in [3.8, 4) is 5.75 Å². The molecule has 0 amide bonds. The summed E-state index contributed by atoms with van der Waals surface area (Å²) in [7, 11) is 0. The SMILES string of the molecule is Cc1ccc(Br)c(O)c1C(C)C(=O)O. The quantitative estimate of drug-likeness (QED) is 0.858. The molecule has 76 valence electrons. The summed E-state index contributed by atoms with van der Waals surface area (Å²) in [6.07, 6.45) is 0. The lowest BCUT2D eigenvalue weighted by Gasteiger charge is -2.13. The number of phenolic OH excluding ortho intramolecular Hbond substituents is 1. The Kier molecular flexibility index (Phi) is 3.16. The average molecular weight is 259 g/mol. The third kappa shape index (κ3) is 1.90. The highest BCUT2D eigenvalue weighted by molar-refractivity contribution is 9.10. The molecule has 1 aromatic carbocycles. The van der Waals surface area contributed by atoms with E-state index in [4.69, 9.17) is 5.11 Å². The first-order valence-electron chi connectivity index (χ1n) is 4.16. The van der Waals surface area contributed by atoms with Crippen LogP contribution < -0.4 is 0 Å². The van der Waals surface area contributed by atoms with Gasteiger partial charge >= 0.3 is 5.97 Å². The Hall–Kier alpha value is -1.03. The van der Waals surface area contributed by atoms with Crippen LogP contribution in [0.5, 0.6) is 5.75 Å². The van der Waals surface area contributed by atoms with E-state index in [2.05, 4.69) is 15.9 Å². The molecule has 0 bridgehead atoms. The summed E-state index contributed by atoms with van der Waals surface area (Å²) < 4.78 is 0.520. The minimum Gasteiger partial charge on any atom is -0.506 e. The zero-order valence-electron chi connectivity index (χ0n) is 7.91. The lowest BCUT2D eigenvalue weighted by atomic mass is 9.95. The normalized spacial score (nSPS) is 12.5. The molecule has 3 nitrogen and oxygen atoms in total. The summed E-state index contributed by atoms with van der Waals surface area (Å²) in [6.45, 7) is 3.33. The van der Waals surface area contributed by atoms with Gasteiger partial charge in [0.2, 0.25) is 0 Å². The van der Waals surface area contributed by atoms with Crippen LogP contribution in [0.2, 0.25) is 0 Å². The number of aromatic hydroxyl groups is 1. The average Bonchev–Trinajstić information content (AvgIpc) is 2.12. The number of rotatable bonds is 2. The lowest BCUT2D eigenvalue weighted by molar-refractivity contribution is -0.138. The van der Waals surface area contributed by atoms with Crippen LogP contribution >= 0.6 is 15.9 Å². The molecule has 0 radical (unpaired) electrons. The fraction of sp³-hybridized carbons (Fsp3) is 0.300. The van der Waals surface area contributed by atoms with E-state index in [1.54, 1.807) is 26.0 Å². The summed E-state index contributed by atoms with van der Waals surface area (Å²) in [4.78, 5) is 10.8. The standard InChI is InChI=1S/C10H11BrO3/c1-5-3-4-7(11)9(12)8(5)6(2)10(13)14/h3-4,6,12H,1-2H3,(H,13,14). The van der Waals surface area contributed by atoms with Crippen LogP contribution in [-0.2, 0) is 4.79 Å². The van der Waals surface area contributed by atoms with E-state index in [-0.39, 0.29) is 5.75 Å². The van der Waals surface area contributed by atoms with E-state index >= 15 is 0 Å². The van der Waals surface area contributed by atoms with Gasteiger partial charge in [-0.1, -0.05) is 6.07 Å². The first kappa shape index (κ1) is 11.0. The monoisotopic (exact) mass is 258 g/mol. The molecule has 1 rings (SSSR count). The summed E-state index contributed by atoms with van der Waals surface area (Å²) in [5.74, 6) is -1.63. The molecule has 1 aromatic rings. The van der Waals surface area contributed by atoms with Gasteiger partial charge in [0.25, 0.3) is 0 Å². The third-order valence-corrected chi connectivity index (χ3v) is 2.83. The first-order chi connectivity index (χ1) is 6.45. The summed E-state index contributed by atoms with van der Waals surface area (Å²) in [6, 6.07) is 3.47. The number of carboxylic acids is 1. The van der Waals surface area contributed by atoms with Gasteiger partial charge in [0.15, 0.2) is 0 Å². The van der Waals surface area contributed by atoms with Gasteiger partial charge in [-0.15, -0.1) is 0 Å². The first-order valence-corrected chi connectivity index (χ1v) is 4.95. The van der Waals surface area contributed by atoms with Gasteiger partial charge in [0.1, 0.15) is 5.75 Å². The van der Waals surface area contributed by atoms with Crippen LogP contribution in [0.25, 0.3) is 0 Å². The zero-order valence-corrected chi connectivity index (χ0v) is 9.50. The smallest absolute Gasteiger partial charge is 0.310 e. The number of phenols is 1. The maximum atomic E-state index is 10.8. The minimum absolute atomic E-state index is 0.0138. The molecule has 0 spiro atoms. The summed E-state index contributed by atoms with van der Waals surface area (Å²) in [5, 5.41) is 18.5. The maximum Gasteiger partial charge on any atom is 0.310 e. The minimum atomic E-state index is -0.943. The Bertz CT molecular complexity index is 374. The van der Waals surface area contributed by atoms with Gasteiger partial charge in [-0.2, -0.15) is 0 Å². The summed E-state index contributed by atoms with van der Waals surface area (Å²) in [5.41, 5.74) is 1.24. The van der Waals surface area contributed by atoms with Crippen molar-refractivity contribution in [1.82, 2.24) is 0 Å². The van der Waals surface area contributed by atoms with E-state index in [0.29, 0.717) is 10.0 Å². The lowest BCUT2D eigenvalue weighted by Crippen LogP contribution is -2.09. The molecule has 4 heteroatoms. The molecular weight excluding hydrogens is 248 g/mol. The van der Waals surface area contributed by atoms with Gasteiger partial charge < -0.3 is 10.2 Å². The number of halogens is 1. The van der Waals surface area contributed by atoms with Crippen LogP contribution in [0.3, 0.4) is 0 Å². The van der Waals surface area contributed by atoms with E-state index in [9.17, 15) is 9.90 Å². The van der Waals surface area contributed by atoms with Gasteiger partial charge in [-0.25, -0.2) is 0 Å². The van der Waals surface area contributed by atoms with Gasteiger partial charge in [-0.3, -0.25) is 4.79 Å². The Labute approximate surface area is 90.5 Å². The van der Waals surface area contributed by atoms with Crippen molar-refractivity contribution in [3.63, 3.8) is 0 Å². The molecule has 1 unspecified atom stereocenters. The third-order valence-electron chi connectivity index (χ3n) is 2.19. The van der Waals surface area contributed by atoms with Crippen LogP contribution in [0.15, 0.2) is 16.6 Å². The molecule has 0 fully saturated rings. The summed E-state index contributed by atoms with van der Waals surface area (Å²) >= 11 is 3.15. The van der Waals surface area contributed by atoms with Crippen molar-refractivity contribution >= 4 is 21.9 Å². The molecule has 0 aliphatic rings. The second-order valence-corrected chi connectivity index (χ2v) is 4.04. The molecule has 0 saturated heterocycles. The van der Waals surface area contributed by atoms with Crippen molar-refractivity contribution < 1.29 is 15.0 Å². The predicted molar refractivity (Wildman–Crippen MR) is 56.6 cm³/mol. The molecule has 0 saturated carbocycles. The van der Waals surface area contributed by atoms with E-state index in [0.717, 1.165) is 5.56 Å². The number of aryl methyl sites for hydroxylation is 1.